The molecule has 0 aliphatic heterocycles. The Balaban J connectivity index is 2.32. The van der Waals surface area contributed by atoms with Crippen molar-refractivity contribution in [3.8, 4) is 22.6 Å². The van der Waals surface area contributed by atoms with E-state index in [0.29, 0.717) is 5.39 Å². The third kappa shape index (κ3) is 3.15. The molecule has 3 aromatic rings. The number of pyridine rings is 2. The molecule has 0 aliphatic carbocycles. The average Bonchev–Trinajstić information content (AvgIpc) is 2.64. The third-order valence-electron chi connectivity index (χ3n) is 4.36. The summed E-state index contributed by atoms with van der Waals surface area (Å²) in [5.41, 5.74) is 2.72. The number of hydrogen-bond acceptors (Lipinski definition) is 5. The Kier molecular flexibility index (Phi) is 4.95. The predicted molar refractivity (Wildman–Crippen MR) is 103 cm³/mol. The first-order valence-electron chi connectivity index (χ1n) is 8.29. The first-order chi connectivity index (χ1) is 12.5. The van der Waals surface area contributed by atoms with Gasteiger partial charge in [0.1, 0.15) is 11.5 Å². The quantitative estimate of drug-likeness (QED) is 0.706. The molecule has 0 atom stereocenters. The second-order valence-electron chi connectivity index (χ2n) is 6.48. The van der Waals surface area contributed by atoms with E-state index in [4.69, 9.17) is 9.47 Å². The van der Waals surface area contributed by atoms with Crippen LogP contribution in [0.25, 0.3) is 21.9 Å². The molecule has 0 saturated carbocycles. The van der Waals surface area contributed by atoms with Crippen molar-refractivity contribution in [2.75, 3.05) is 28.3 Å². The lowest BCUT2D eigenvalue weighted by atomic mass is 9.98. The predicted octanol–water partition coefficient (Wildman–Crippen LogP) is 2.68. The molecule has 6 nitrogen and oxygen atoms in total. The zero-order valence-corrected chi connectivity index (χ0v) is 15.7. The summed E-state index contributed by atoms with van der Waals surface area (Å²) in [6.45, 7) is 0.732. The van der Waals surface area contributed by atoms with Crippen LogP contribution in [0.15, 0.2) is 41.6 Å². The molecule has 0 aliphatic rings. The molecule has 0 radical (unpaired) electrons. The summed E-state index contributed by atoms with van der Waals surface area (Å²) in [5.74, 6) is 1.51. The number of rotatable bonds is 5. The summed E-state index contributed by atoms with van der Waals surface area (Å²) in [6.07, 6.45) is 5.16. The van der Waals surface area contributed by atoms with Gasteiger partial charge in [-0.05, 0) is 32.3 Å². The van der Waals surface area contributed by atoms with Crippen molar-refractivity contribution < 1.29 is 9.47 Å². The fraction of sp³-hybridized carbons (Fsp3) is 0.300. The largest absolute Gasteiger partial charge is 0.496 e. The summed E-state index contributed by atoms with van der Waals surface area (Å²) in [6, 6.07) is 5.69. The maximum atomic E-state index is 12.4. The van der Waals surface area contributed by atoms with Crippen LogP contribution < -0.4 is 15.0 Å². The first kappa shape index (κ1) is 17.9. The Labute approximate surface area is 152 Å². The molecule has 3 rings (SSSR count). The van der Waals surface area contributed by atoms with E-state index in [2.05, 4.69) is 9.88 Å². The minimum atomic E-state index is -0.0543. The second-order valence-corrected chi connectivity index (χ2v) is 6.48. The highest BCUT2D eigenvalue weighted by atomic mass is 16.5. The van der Waals surface area contributed by atoms with Gasteiger partial charge in [-0.1, -0.05) is 0 Å². The van der Waals surface area contributed by atoms with Crippen LogP contribution in [0.2, 0.25) is 0 Å². The maximum absolute atomic E-state index is 12.4. The normalized spacial score (nSPS) is 11.2. The van der Waals surface area contributed by atoms with Crippen LogP contribution in [-0.2, 0) is 13.6 Å². The van der Waals surface area contributed by atoms with Crippen molar-refractivity contribution in [2.45, 2.75) is 6.54 Å². The molecule has 0 unspecified atom stereocenters. The van der Waals surface area contributed by atoms with E-state index in [1.807, 2.05) is 32.4 Å². The fourth-order valence-corrected chi connectivity index (χ4v) is 3.16. The van der Waals surface area contributed by atoms with Crippen molar-refractivity contribution in [1.82, 2.24) is 14.5 Å². The first-order valence-corrected chi connectivity index (χ1v) is 8.29. The summed E-state index contributed by atoms with van der Waals surface area (Å²) in [5, 5.41) is 1.41. The van der Waals surface area contributed by atoms with Crippen LogP contribution in [0.5, 0.6) is 11.5 Å². The van der Waals surface area contributed by atoms with Crippen LogP contribution in [-0.4, -0.2) is 42.8 Å². The van der Waals surface area contributed by atoms with E-state index in [9.17, 15) is 4.79 Å². The zero-order chi connectivity index (χ0) is 18.8. The van der Waals surface area contributed by atoms with Crippen molar-refractivity contribution >= 4 is 10.8 Å². The average molecular weight is 353 g/mol. The van der Waals surface area contributed by atoms with Gasteiger partial charge in [-0.15, -0.1) is 0 Å². The van der Waals surface area contributed by atoms with Crippen LogP contribution in [0, 0.1) is 0 Å². The number of aryl methyl sites for hydroxylation is 1. The topological polar surface area (TPSA) is 56.6 Å². The zero-order valence-electron chi connectivity index (χ0n) is 15.7. The molecule has 2 heterocycles. The Morgan fingerprint density at radius 1 is 1.08 bits per heavy atom. The molecule has 26 heavy (non-hydrogen) atoms. The second kappa shape index (κ2) is 7.17. The lowest BCUT2D eigenvalue weighted by Gasteiger charge is -2.18. The molecule has 2 aromatic heterocycles. The highest BCUT2D eigenvalue weighted by molar-refractivity contribution is 5.97. The van der Waals surface area contributed by atoms with Crippen molar-refractivity contribution in [2.24, 2.45) is 7.05 Å². The van der Waals surface area contributed by atoms with Crippen molar-refractivity contribution in [3.05, 3.63) is 52.7 Å². The van der Waals surface area contributed by atoms with Crippen molar-refractivity contribution in [1.29, 1.82) is 0 Å². The van der Waals surface area contributed by atoms with Gasteiger partial charge in [0.05, 0.1) is 19.6 Å². The van der Waals surface area contributed by atoms with E-state index in [1.54, 1.807) is 44.3 Å². The number of nitrogens with zero attached hydrogens (tertiary/aromatic N) is 3. The molecule has 0 amide bonds. The Bertz CT molecular complexity index is 1010. The number of methoxy groups -OCH3 is 2. The standard InChI is InChI=1S/C20H23N3O3/c1-22(2)11-13-8-19(26-5)15(9-18(13)25-4)17-12-23(3)20(24)14-6-7-21-10-16(14)17/h6-10,12H,11H2,1-5H3. The van der Waals surface area contributed by atoms with Gasteiger partial charge >= 0.3 is 0 Å². The van der Waals surface area contributed by atoms with E-state index in [1.165, 1.54) is 0 Å². The number of benzene rings is 1. The Morgan fingerprint density at radius 2 is 1.81 bits per heavy atom. The molecular formula is C20H23N3O3. The SMILES string of the molecule is COc1cc(-c2cn(C)c(=O)c3ccncc23)c(OC)cc1CN(C)C. The van der Waals surface area contributed by atoms with Gasteiger partial charge in [0.25, 0.3) is 5.56 Å². The smallest absolute Gasteiger partial charge is 0.258 e. The molecule has 6 heteroatoms. The molecule has 0 spiro atoms. The van der Waals surface area contributed by atoms with Gasteiger partial charge in [0.2, 0.25) is 0 Å². The molecule has 0 N–H and O–H groups in total. The van der Waals surface area contributed by atoms with Crippen molar-refractivity contribution in [3.63, 3.8) is 0 Å². The minimum Gasteiger partial charge on any atom is -0.496 e. The number of aromatic nitrogens is 2. The van der Waals surface area contributed by atoms with Crippen LogP contribution in [0.1, 0.15) is 5.56 Å². The highest BCUT2D eigenvalue weighted by Crippen LogP contribution is 2.38. The van der Waals surface area contributed by atoms with Crippen LogP contribution in [0.4, 0.5) is 0 Å². The summed E-state index contributed by atoms with van der Waals surface area (Å²) in [4.78, 5) is 18.7. The summed E-state index contributed by atoms with van der Waals surface area (Å²) < 4.78 is 12.8. The van der Waals surface area contributed by atoms with Crippen LogP contribution in [0.3, 0.4) is 0 Å². The highest BCUT2D eigenvalue weighted by Gasteiger charge is 2.17. The summed E-state index contributed by atoms with van der Waals surface area (Å²) >= 11 is 0. The molecule has 0 saturated heterocycles. The van der Waals surface area contributed by atoms with Gasteiger partial charge in [-0.25, -0.2) is 0 Å². The maximum Gasteiger partial charge on any atom is 0.258 e. The number of hydrogen-bond donors (Lipinski definition) is 0. The van der Waals surface area contributed by atoms with Crippen LogP contribution >= 0.6 is 0 Å². The molecule has 0 fully saturated rings. The van der Waals surface area contributed by atoms with E-state index in [0.717, 1.165) is 40.1 Å². The van der Waals surface area contributed by atoms with E-state index < -0.39 is 0 Å². The van der Waals surface area contributed by atoms with E-state index in [-0.39, 0.29) is 5.56 Å². The van der Waals surface area contributed by atoms with Gasteiger partial charge < -0.3 is 18.9 Å². The number of fused-ring (bicyclic) bond motifs is 1. The minimum absolute atomic E-state index is 0.0543. The molecule has 1 aromatic carbocycles. The lowest BCUT2D eigenvalue weighted by Crippen LogP contribution is -2.16. The van der Waals surface area contributed by atoms with E-state index >= 15 is 0 Å². The fourth-order valence-electron chi connectivity index (χ4n) is 3.16. The lowest BCUT2D eigenvalue weighted by molar-refractivity contribution is 0.367. The van der Waals surface area contributed by atoms with Gasteiger partial charge in [0.15, 0.2) is 0 Å². The Morgan fingerprint density at radius 3 is 2.46 bits per heavy atom. The Hall–Kier alpha value is -2.86. The van der Waals surface area contributed by atoms with Gasteiger partial charge in [-0.3, -0.25) is 9.78 Å². The third-order valence-corrected chi connectivity index (χ3v) is 4.36. The monoisotopic (exact) mass is 353 g/mol. The summed E-state index contributed by atoms with van der Waals surface area (Å²) in [7, 11) is 9.06. The number of ether oxygens (including phenoxy) is 2. The molecule has 0 bridgehead atoms. The molecular weight excluding hydrogens is 330 g/mol. The van der Waals surface area contributed by atoms with Gasteiger partial charge in [0, 0.05) is 54.3 Å². The van der Waals surface area contributed by atoms with Gasteiger partial charge in [-0.2, -0.15) is 0 Å². The molecule has 136 valence electrons.